The van der Waals surface area contributed by atoms with E-state index in [0.29, 0.717) is 10.8 Å². The fraction of sp³-hybridized carbons (Fsp3) is 0.368. The van der Waals surface area contributed by atoms with Gasteiger partial charge in [0.1, 0.15) is 5.69 Å². The molecule has 1 aromatic heterocycles. The third kappa shape index (κ3) is 5.87. The maximum atomic E-state index is 13.3. The van der Waals surface area contributed by atoms with Crippen LogP contribution < -0.4 is 4.90 Å². The molecular weight excluding hydrogens is 376 g/mol. The fourth-order valence-corrected chi connectivity index (χ4v) is 2.79. The van der Waals surface area contributed by atoms with E-state index in [1.807, 2.05) is 18.2 Å². The van der Waals surface area contributed by atoms with E-state index < -0.39 is 11.8 Å². The molecule has 0 spiro atoms. The van der Waals surface area contributed by atoms with Gasteiger partial charge in [-0.2, -0.15) is 0 Å². The second-order valence-corrected chi connectivity index (χ2v) is 6.09. The highest BCUT2D eigenvalue weighted by molar-refractivity contribution is 5.92. The van der Waals surface area contributed by atoms with Gasteiger partial charge in [0.25, 0.3) is 11.8 Å². The van der Waals surface area contributed by atoms with Crippen LogP contribution in [0.5, 0.6) is 0 Å². The van der Waals surface area contributed by atoms with Gasteiger partial charge in [-0.1, -0.05) is 37.8 Å². The van der Waals surface area contributed by atoms with Crippen molar-refractivity contribution in [2.75, 3.05) is 18.0 Å². The molecule has 0 saturated carbocycles. The van der Waals surface area contributed by atoms with E-state index in [9.17, 15) is 18.8 Å². The molecule has 27 heavy (non-hydrogen) atoms. The number of hydroxylamine groups is 2. The molecule has 1 aliphatic heterocycles. The summed E-state index contributed by atoms with van der Waals surface area (Å²) in [6, 6.07) is 12.3. The standard InChI is InChI=1S/C18H19F2N3O2.CH4.ClH/c19-18(20)7-10-22(11-8-18)15-6-9-21-16(12-15)17(24)23(25)13-14-4-2-1-3-5-14;;/h1-6,9,12,25H,7-8,10-11,13H2;1H4;1H. The molecule has 0 aliphatic carbocycles. The number of halogens is 3. The number of benzene rings is 1. The van der Waals surface area contributed by atoms with Crippen LogP contribution in [0.3, 0.4) is 0 Å². The van der Waals surface area contributed by atoms with Gasteiger partial charge in [0.05, 0.1) is 6.54 Å². The van der Waals surface area contributed by atoms with Crippen LogP contribution in [-0.4, -0.2) is 40.2 Å². The third-order valence-electron chi connectivity index (χ3n) is 4.23. The molecule has 1 saturated heterocycles. The monoisotopic (exact) mass is 399 g/mol. The van der Waals surface area contributed by atoms with Crippen LogP contribution in [0, 0.1) is 0 Å². The van der Waals surface area contributed by atoms with Gasteiger partial charge in [0.2, 0.25) is 0 Å². The number of carbonyl (C=O) groups excluding carboxylic acids is 1. The van der Waals surface area contributed by atoms with Gasteiger partial charge in [0, 0.05) is 37.8 Å². The Morgan fingerprint density at radius 2 is 1.81 bits per heavy atom. The molecule has 1 aliphatic rings. The normalized spacial score (nSPS) is 15.3. The third-order valence-corrected chi connectivity index (χ3v) is 4.23. The van der Waals surface area contributed by atoms with E-state index in [4.69, 9.17) is 0 Å². The minimum absolute atomic E-state index is 0. The van der Waals surface area contributed by atoms with Crippen LogP contribution in [0.15, 0.2) is 48.7 Å². The van der Waals surface area contributed by atoms with Crippen molar-refractivity contribution in [1.29, 1.82) is 0 Å². The van der Waals surface area contributed by atoms with Crippen molar-refractivity contribution in [2.24, 2.45) is 0 Å². The summed E-state index contributed by atoms with van der Waals surface area (Å²) in [4.78, 5) is 18.2. The highest BCUT2D eigenvalue weighted by atomic mass is 35.5. The van der Waals surface area contributed by atoms with E-state index in [2.05, 4.69) is 4.98 Å². The fourth-order valence-electron chi connectivity index (χ4n) is 2.79. The van der Waals surface area contributed by atoms with E-state index in [1.54, 1.807) is 23.1 Å². The number of rotatable bonds is 4. The van der Waals surface area contributed by atoms with Crippen LogP contribution in [0.1, 0.15) is 36.3 Å². The number of aromatic nitrogens is 1. The van der Waals surface area contributed by atoms with Gasteiger partial charge in [0.15, 0.2) is 0 Å². The molecule has 1 N–H and O–H groups in total. The molecule has 0 unspecified atom stereocenters. The number of hydrogen-bond donors (Lipinski definition) is 1. The number of nitrogens with zero attached hydrogens (tertiary/aromatic N) is 3. The molecule has 1 amide bonds. The highest BCUT2D eigenvalue weighted by Gasteiger charge is 2.34. The zero-order chi connectivity index (χ0) is 17.9. The van der Waals surface area contributed by atoms with Crippen LogP contribution >= 0.6 is 12.4 Å². The van der Waals surface area contributed by atoms with Crippen molar-refractivity contribution in [1.82, 2.24) is 10.0 Å². The molecular formula is C19H24ClF2N3O2. The molecule has 1 fully saturated rings. The molecule has 8 heteroatoms. The summed E-state index contributed by atoms with van der Waals surface area (Å²) in [7, 11) is 0. The van der Waals surface area contributed by atoms with Crippen molar-refractivity contribution >= 4 is 24.0 Å². The first-order valence-electron chi connectivity index (χ1n) is 8.08. The molecule has 5 nitrogen and oxygen atoms in total. The first-order chi connectivity index (χ1) is 11.9. The average molecular weight is 400 g/mol. The first-order valence-corrected chi connectivity index (χ1v) is 8.08. The molecule has 2 aromatic rings. The van der Waals surface area contributed by atoms with Gasteiger partial charge in [-0.15, -0.1) is 12.4 Å². The average Bonchev–Trinajstić information content (AvgIpc) is 2.62. The van der Waals surface area contributed by atoms with Gasteiger partial charge in [-0.25, -0.2) is 13.8 Å². The largest absolute Gasteiger partial charge is 0.371 e. The lowest BCUT2D eigenvalue weighted by Gasteiger charge is -2.33. The number of anilines is 1. The maximum absolute atomic E-state index is 13.3. The van der Waals surface area contributed by atoms with Gasteiger partial charge in [-0.3, -0.25) is 15.0 Å². The quantitative estimate of drug-likeness (QED) is 0.611. The number of piperidine rings is 1. The Hall–Kier alpha value is -2.25. The number of amides is 1. The summed E-state index contributed by atoms with van der Waals surface area (Å²) < 4.78 is 26.6. The Morgan fingerprint density at radius 1 is 1.19 bits per heavy atom. The molecule has 0 radical (unpaired) electrons. The molecule has 3 rings (SSSR count). The molecule has 148 valence electrons. The second kappa shape index (κ2) is 9.62. The Morgan fingerprint density at radius 3 is 2.44 bits per heavy atom. The van der Waals surface area contributed by atoms with Crippen molar-refractivity contribution in [2.45, 2.75) is 32.7 Å². The summed E-state index contributed by atoms with van der Waals surface area (Å²) in [5, 5.41) is 10.6. The number of carbonyl (C=O) groups is 1. The zero-order valence-electron chi connectivity index (χ0n) is 14.0. The highest BCUT2D eigenvalue weighted by Crippen LogP contribution is 2.30. The number of alkyl halides is 2. The Bertz CT molecular complexity index is 737. The van der Waals surface area contributed by atoms with E-state index in [-0.39, 0.29) is 58.0 Å². The van der Waals surface area contributed by atoms with E-state index >= 15 is 0 Å². The smallest absolute Gasteiger partial charge is 0.296 e. The summed E-state index contributed by atoms with van der Waals surface area (Å²) in [5.41, 5.74) is 1.52. The number of hydrogen-bond acceptors (Lipinski definition) is 4. The summed E-state index contributed by atoms with van der Waals surface area (Å²) >= 11 is 0. The summed E-state index contributed by atoms with van der Waals surface area (Å²) in [5.74, 6) is -3.26. The SMILES string of the molecule is C.Cl.O=C(c1cc(N2CCC(F)(F)CC2)ccn1)N(O)Cc1ccccc1. The molecule has 1 aromatic carbocycles. The van der Waals surface area contributed by atoms with Crippen molar-refractivity contribution in [3.63, 3.8) is 0 Å². The van der Waals surface area contributed by atoms with Crippen LogP contribution in [0.2, 0.25) is 0 Å². The van der Waals surface area contributed by atoms with Gasteiger partial charge < -0.3 is 4.90 Å². The minimum atomic E-state index is -2.63. The predicted molar refractivity (Wildman–Crippen MR) is 103 cm³/mol. The van der Waals surface area contributed by atoms with E-state index in [1.165, 1.54) is 12.3 Å². The summed E-state index contributed by atoms with van der Waals surface area (Å²) in [6.07, 6.45) is 1.03. The number of pyridine rings is 1. The van der Waals surface area contributed by atoms with E-state index in [0.717, 1.165) is 5.56 Å². The lowest BCUT2D eigenvalue weighted by Crippen LogP contribution is -2.39. The lowest BCUT2D eigenvalue weighted by atomic mass is 10.1. The van der Waals surface area contributed by atoms with Crippen LogP contribution in [-0.2, 0) is 6.54 Å². The summed E-state index contributed by atoms with van der Waals surface area (Å²) in [6.45, 7) is 0.483. The van der Waals surface area contributed by atoms with Crippen molar-refractivity contribution in [3.8, 4) is 0 Å². The molecule has 0 atom stereocenters. The minimum Gasteiger partial charge on any atom is -0.371 e. The van der Waals surface area contributed by atoms with Gasteiger partial charge >= 0.3 is 0 Å². The maximum Gasteiger partial charge on any atom is 0.296 e. The lowest BCUT2D eigenvalue weighted by molar-refractivity contribution is -0.0652. The Labute approximate surface area is 164 Å². The zero-order valence-corrected chi connectivity index (χ0v) is 14.8. The van der Waals surface area contributed by atoms with Crippen molar-refractivity contribution < 1.29 is 18.8 Å². The topological polar surface area (TPSA) is 56.7 Å². The van der Waals surface area contributed by atoms with Crippen molar-refractivity contribution in [3.05, 3.63) is 59.9 Å². The second-order valence-electron chi connectivity index (χ2n) is 6.09. The first kappa shape index (κ1) is 22.8. The Kier molecular flexibility index (Phi) is 8.12. The molecule has 2 heterocycles. The van der Waals surface area contributed by atoms with Crippen LogP contribution in [0.25, 0.3) is 0 Å². The predicted octanol–water partition coefficient (Wildman–Crippen LogP) is 4.41. The molecule has 0 bridgehead atoms. The Balaban J connectivity index is 0.00000182. The van der Waals surface area contributed by atoms with Crippen LogP contribution in [0.4, 0.5) is 14.5 Å². The van der Waals surface area contributed by atoms with Gasteiger partial charge in [-0.05, 0) is 17.7 Å².